The molecule has 0 bridgehead atoms. The molecule has 2 aromatic rings. The van der Waals surface area contributed by atoms with E-state index >= 15 is 0 Å². The van der Waals surface area contributed by atoms with Crippen LogP contribution in [0, 0.1) is 11.6 Å². The van der Waals surface area contributed by atoms with Crippen molar-refractivity contribution < 1.29 is 22.0 Å². The van der Waals surface area contributed by atoms with E-state index in [1.807, 2.05) is 13.8 Å². The molecular formula is C13H11ClF5N3. The average Bonchev–Trinajstić information content (AvgIpc) is 2.45. The molecule has 1 aromatic carbocycles. The molecule has 0 aliphatic heterocycles. The van der Waals surface area contributed by atoms with Crippen LogP contribution in [0.2, 0.25) is 5.28 Å². The molecule has 2 rings (SSSR count). The molecule has 0 saturated carbocycles. The third-order valence-corrected chi connectivity index (χ3v) is 2.45. The number of anilines is 2. The second-order valence-electron chi connectivity index (χ2n) is 3.63. The van der Waals surface area contributed by atoms with Crippen molar-refractivity contribution in [3.8, 4) is 0 Å². The summed E-state index contributed by atoms with van der Waals surface area (Å²) in [6, 6.07) is 3.03. The van der Waals surface area contributed by atoms with E-state index < -0.39 is 40.2 Å². The zero-order valence-electron chi connectivity index (χ0n) is 11.5. The zero-order chi connectivity index (χ0) is 16.9. The minimum atomic E-state index is -4.77. The number of hydrogen-bond donors (Lipinski definition) is 1. The molecule has 120 valence electrons. The predicted molar refractivity (Wildman–Crippen MR) is 73.0 cm³/mol. The number of hydrogen-bond acceptors (Lipinski definition) is 3. The Morgan fingerprint density at radius 2 is 1.77 bits per heavy atom. The highest BCUT2D eigenvalue weighted by atomic mass is 35.5. The Morgan fingerprint density at radius 3 is 2.36 bits per heavy atom. The Kier molecular flexibility index (Phi) is 6.04. The van der Waals surface area contributed by atoms with E-state index in [0.717, 1.165) is 18.2 Å². The van der Waals surface area contributed by atoms with Gasteiger partial charge in [-0.1, -0.05) is 19.9 Å². The van der Waals surface area contributed by atoms with E-state index in [2.05, 4.69) is 15.3 Å². The SMILES string of the molecule is CC.Fc1cccc(Nc2nc(Cl)ncc2C(F)(F)F)c1F. The highest BCUT2D eigenvalue weighted by Crippen LogP contribution is 2.35. The van der Waals surface area contributed by atoms with E-state index in [-0.39, 0.29) is 0 Å². The van der Waals surface area contributed by atoms with Gasteiger partial charge in [0.25, 0.3) is 0 Å². The summed E-state index contributed by atoms with van der Waals surface area (Å²) in [4.78, 5) is 6.55. The normalized spacial score (nSPS) is 10.7. The Morgan fingerprint density at radius 1 is 1.14 bits per heavy atom. The smallest absolute Gasteiger partial charge is 0.337 e. The molecule has 0 fully saturated rings. The van der Waals surface area contributed by atoms with Gasteiger partial charge in [-0.05, 0) is 23.7 Å². The van der Waals surface area contributed by atoms with Gasteiger partial charge in [0.15, 0.2) is 11.6 Å². The van der Waals surface area contributed by atoms with Crippen molar-refractivity contribution in [3.63, 3.8) is 0 Å². The molecule has 1 heterocycles. The summed E-state index contributed by atoms with van der Waals surface area (Å²) in [5.41, 5.74) is -1.74. The van der Waals surface area contributed by atoms with Gasteiger partial charge in [0.2, 0.25) is 5.28 Å². The number of halogens is 6. The maximum absolute atomic E-state index is 13.4. The van der Waals surface area contributed by atoms with Crippen LogP contribution in [-0.2, 0) is 6.18 Å². The molecule has 0 radical (unpaired) electrons. The van der Waals surface area contributed by atoms with Gasteiger partial charge in [-0.3, -0.25) is 0 Å². The van der Waals surface area contributed by atoms with E-state index in [1.54, 1.807) is 0 Å². The minimum Gasteiger partial charge on any atom is -0.337 e. The van der Waals surface area contributed by atoms with Crippen molar-refractivity contribution in [2.45, 2.75) is 20.0 Å². The summed E-state index contributed by atoms with van der Waals surface area (Å²) in [5.74, 6) is -3.29. The van der Waals surface area contributed by atoms with E-state index in [0.29, 0.717) is 6.20 Å². The van der Waals surface area contributed by atoms with Crippen LogP contribution in [0.25, 0.3) is 0 Å². The van der Waals surface area contributed by atoms with Gasteiger partial charge in [-0.15, -0.1) is 0 Å². The van der Waals surface area contributed by atoms with Gasteiger partial charge >= 0.3 is 6.18 Å². The molecule has 0 amide bonds. The number of aromatic nitrogens is 2. The van der Waals surface area contributed by atoms with Crippen LogP contribution >= 0.6 is 11.6 Å². The molecule has 9 heteroatoms. The van der Waals surface area contributed by atoms with Gasteiger partial charge in [0.05, 0.1) is 5.69 Å². The Labute approximate surface area is 128 Å². The van der Waals surface area contributed by atoms with Crippen molar-refractivity contribution in [1.29, 1.82) is 0 Å². The van der Waals surface area contributed by atoms with Crippen molar-refractivity contribution in [1.82, 2.24) is 9.97 Å². The Bertz CT molecular complexity index is 646. The first-order valence-electron chi connectivity index (χ1n) is 6.10. The summed E-state index contributed by atoms with van der Waals surface area (Å²) in [6.45, 7) is 4.00. The summed E-state index contributed by atoms with van der Waals surface area (Å²) in [5, 5.41) is 1.60. The lowest BCUT2D eigenvalue weighted by molar-refractivity contribution is -0.137. The molecule has 3 nitrogen and oxygen atoms in total. The fourth-order valence-corrected chi connectivity index (χ4v) is 1.52. The topological polar surface area (TPSA) is 37.8 Å². The number of nitrogens with zero attached hydrogens (tertiary/aromatic N) is 2. The molecule has 0 atom stereocenters. The van der Waals surface area contributed by atoms with Crippen LogP contribution in [0.3, 0.4) is 0 Å². The van der Waals surface area contributed by atoms with Crippen LogP contribution in [-0.4, -0.2) is 9.97 Å². The average molecular weight is 340 g/mol. The molecule has 1 N–H and O–H groups in total. The number of rotatable bonds is 2. The third kappa shape index (κ3) is 4.27. The lowest BCUT2D eigenvalue weighted by Gasteiger charge is -2.13. The molecule has 0 unspecified atom stereocenters. The number of alkyl halides is 3. The summed E-state index contributed by atoms with van der Waals surface area (Å²) >= 11 is 5.41. The molecule has 0 saturated heterocycles. The quantitative estimate of drug-likeness (QED) is 0.604. The highest BCUT2D eigenvalue weighted by molar-refractivity contribution is 6.28. The van der Waals surface area contributed by atoms with Crippen LogP contribution in [0.1, 0.15) is 19.4 Å². The zero-order valence-corrected chi connectivity index (χ0v) is 12.2. The first-order valence-corrected chi connectivity index (χ1v) is 6.47. The fraction of sp³-hybridized carbons (Fsp3) is 0.231. The van der Waals surface area contributed by atoms with Crippen molar-refractivity contribution >= 4 is 23.1 Å². The highest BCUT2D eigenvalue weighted by Gasteiger charge is 2.35. The third-order valence-electron chi connectivity index (χ3n) is 2.27. The van der Waals surface area contributed by atoms with E-state index in [4.69, 9.17) is 11.6 Å². The van der Waals surface area contributed by atoms with Crippen molar-refractivity contribution in [3.05, 3.63) is 46.9 Å². The Balaban J connectivity index is 0.00000116. The molecule has 22 heavy (non-hydrogen) atoms. The Hall–Kier alpha value is -1.96. The molecule has 1 aromatic heterocycles. The van der Waals surface area contributed by atoms with Gasteiger partial charge in [-0.2, -0.15) is 18.2 Å². The molecule has 0 aliphatic rings. The summed E-state index contributed by atoms with van der Waals surface area (Å²) in [6.07, 6.45) is -4.31. The first kappa shape index (κ1) is 18.1. The minimum absolute atomic E-state index is 0.453. The molecular weight excluding hydrogens is 329 g/mol. The van der Waals surface area contributed by atoms with Crippen LogP contribution < -0.4 is 5.32 Å². The second-order valence-corrected chi connectivity index (χ2v) is 3.96. The summed E-state index contributed by atoms with van der Waals surface area (Å²) in [7, 11) is 0. The van der Waals surface area contributed by atoms with Crippen molar-refractivity contribution in [2.75, 3.05) is 5.32 Å². The molecule has 0 aliphatic carbocycles. The fourth-order valence-electron chi connectivity index (χ4n) is 1.39. The van der Waals surface area contributed by atoms with Gasteiger partial charge in [-0.25, -0.2) is 13.8 Å². The van der Waals surface area contributed by atoms with E-state index in [9.17, 15) is 22.0 Å². The molecule has 0 spiro atoms. The van der Waals surface area contributed by atoms with Gasteiger partial charge in [0.1, 0.15) is 11.4 Å². The van der Waals surface area contributed by atoms with Gasteiger partial charge < -0.3 is 5.32 Å². The standard InChI is InChI=1S/C11H5ClF5N3.C2H6/c12-10-18-4-5(11(15,16)17)9(20-10)19-7-3-1-2-6(13)8(7)14;1-2/h1-4H,(H,18,19,20);1-2H3. The first-order chi connectivity index (χ1) is 10.3. The maximum atomic E-state index is 13.4. The number of nitrogens with one attached hydrogen (secondary N) is 1. The van der Waals surface area contributed by atoms with Crippen LogP contribution in [0.4, 0.5) is 33.5 Å². The lowest BCUT2D eigenvalue weighted by atomic mass is 10.2. The summed E-state index contributed by atoms with van der Waals surface area (Å²) < 4.78 is 64.6. The predicted octanol–water partition coefficient (Wildman–Crippen LogP) is 5.20. The second kappa shape index (κ2) is 7.35. The van der Waals surface area contributed by atoms with Crippen molar-refractivity contribution in [2.24, 2.45) is 0 Å². The maximum Gasteiger partial charge on any atom is 0.421 e. The van der Waals surface area contributed by atoms with Crippen LogP contribution in [0.15, 0.2) is 24.4 Å². The number of benzene rings is 1. The lowest BCUT2D eigenvalue weighted by Crippen LogP contribution is -2.12. The van der Waals surface area contributed by atoms with Crippen LogP contribution in [0.5, 0.6) is 0 Å². The largest absolute Gasteiger partial charge is 0.421 e. The van der Waals surface area contributed by atoms with Gasteiger partial charge in [0, 0.05) is 6.20 Å². The monoisotopic (exact) mass is 339 g/mol. The van der Waals surface area contributed by atoms with E-state index in [1.165, 1.54) is 0 Å².